The number of piperidine rings is 1. The molecule has 1 amide bonds. The van der Waals surface area contributed by atoms with Crippen molar-refractivity contribution in [1.82, 2.24) is 4.90 Å². The lowest BCUT2D eigenvalue weighted by atomic mass is 9.68. The summed E-state index contributed by atoms with van der Waals surface area (Å²) in [6.07, 6.45) is 5.38. The Labute approximate surface area is 136 Å². The van der Waals surface area contributed by atoms with Gasteiger partial charge in [-0.2, -0.15) is 0 Å². The van der Waals surface area contributed by atoms with Crippen molar-refractivity contribution in [1.29, 1.82) is 0 Å². The van der Waals surface area contributed by atoms with Gasteiger partial charge in [0.2, 0.25) is 5.91 Å². The minimum atomic E-state index is -0.173. The number of benzene rings is 1. The maximum Gasteiger partial charge on any atom is 0.219 e. The summed E-state index contributed by atoms with van der Waals surface area (Å²) in [5.41, 5.74) is 1.05. The van der Waals surface area contributed by atoms with Crippen LogP contribution in [0.25, 0.3) is 0 Å². The van der Waals surface area contributed by atoms with Crippen molar-refractivity contribution in [3.05, 3.63) is 34.9 Å². The Balaban J connectivity index is 2.05. The number of fused-ring (bicyclic) bond motifs is 1. The average Bonchev–Trinajstić information content (AvgIpc) is 2.46. The van der Waals surface area contributed by atoms with Gasteiger partial charge in [0.1, 0.15) is 0 Å². The summed E-state index contributed by atoms with van der Waals surface area (Å²) < 4.78 is 0. The van der Waals surface area contributed by atoms with Crippen molar-refractivity contribution in [3.8, 4) is 0 Å². The van der Waals surface area contributed by atoms with Crippen molar-refractivity contribution < 1.29 is 4.79 Å². The molecule has 2 nitrogen and oxygen atoms in total. The third-order valence-electron chi connectivity index (χ3n) is 5.14. The SMILES string of the molecule is CC(=O)N1CCC2(Cl)CCCCC2C1c1ccccc1Cl. The van der Waals surface area contributed by atoms with Crippen LogP contribution in [0, 0.1) is 5.92 Å². The lowest BCUT2D eigenvalue weighted by molar-refractivity contribution is -0.136. The second-order valence-electron chi connectivity index (χ2n) is 6.32. The first-order chi connectivity index (χ1) is 10.0. The fraction of sp³-hybridized carbons (Fsp3) is 0.588. The number of likely N-dealkylation sites (tertiary alicyclic amines) is 1. The highest BCUT2D eigenvalue weighted by atomic mass is 35.5. The van der Waals surface area contributed by atoms with Gasteiger partial charge < -0.3 is 4.90 Å². The van der Waals surface area contributed by atoms with Gasteiger partial charge in [-0.1, -0.05) is 42.6 Å². The van der Waals surface area contributed by atoms with Crippen LogP contribution >= 0.6 is 23.2 Å². The summed E-state index contributed by atoms with van der Waals surface area (Å²) >= 11 is 13.4. The topological polar surface area (TPSA) is 20.3 Å². The molecule has 114 valence electrons. The number of hydrogen-bond donors (Lipinski definition) is 0. The van der Waals surface area contributed by atoms with Crippen molar-refractivity contribution in [2.24, 2.45) is 5.92 Å². The van der Waals surface area contributed by atoms with Crippen molar-refractivity contribution in [2.45, 2.75) is 49.9 Å². The highest BCUT2D eigenvalue weighted by molar-refractivity contribution is 6.31. The molecule has 21 heavy (non-hydrogen) atoms. The molecule has 0 spiro atoms. The first kappa shape index (κ1) is 15.2. The number of carbonyl (C=O) groups excluding carboxylic acids is 1. The molecule has 0 aromatic heterocycles. The highest BCUT2D eigenvalue weighted by Gasteiger charge is 2.49. The summed E-state index contributed by atoms with van der Waals surface area (Å²) in [5, 5.41) is 0.736. The Kier molecular flexibility index (Phi) is 4.20. The number of carbonyl (C=O) groups is 1. The molecule has 0 N–H and O–H groups in total. The summed E-state index contributed by atoms with van der Waals surface area (Å²) in [6.45, 7) is 2.37. The molecule has 3 rings (SSSR count). The smallest absolute Gasteiger partial charge is 0.219 e. The van der Waals surface area contributed by atoms with Crippen LogP contribution in [-0.4, -0.2) is 22.2 Å². The Morgan fingerprint density at radius 1 is 1.29 bits per heavy atom. The Morgan fingerprint density at radius 2 is 2.05 bits per heavy atom. The van der Waals surface area contributed by atoms with E-state index in [2.05, 4.69) is 0 Å². The molecule has 1 aliphatic carbocycles. The van der Waals surface area contributed by atoms with Gasteiger partial charge in [0.05, 0.1) is 10.9 Å². The molecule has 2 aliphatic rings. The maximum absolute atomic E-state index is 12.1. The number of amides is 1. The van der Waals surface area contributed by atoms with Gasteiger partial charge >= 0.3 is 0 Å². The fourth-order valence-corrected chi connectivity index (χ4v) is 4.79. The standard InChI is InChI=1S/C17H21Cl2NO/c1-12(21)20-11-10-17(19)9-5-4-7-14(17)16(20)13-6-2-3-8-15(13)18/h2-3,6,8,14,16H,4-5,7,9-11H2,1H3. The fourth-order valence-electron chi connectivity index (χ4n) is 4.09. The van der Waals surface area contributed by atoms with E-state index in [1.54, 1.807) is 6.92 Å². The van der Waals surface area contributed by atoms with Crippen molar-refractivity contribution in [3.63, 3.8) is 0 Å². The molecule has 3 atom stereocenters. The molecule has 2 fully saturated rings. The first-order valence-corrected chi connectivity index (χ1v) is 8.49. The van der Waals surface area contributed by atoms with E-state index in [9.17, 15) is 4.79 Å². The van der Waals surface area contributed by atoms with Gasteiger partial charge in [0, 0.05) is 24.4 Å². The minimum Gasteiger partial charge on any atom is -0.335 e. The summed E-state index contributed by atoms with van der Waals surface area (Å²) in [5.74, 6) is 0.412. The van der Waals surface area contributed by atoms with E-state index in [-0.39, 0.29) is 16.8 Å². The van der Waals surface area contributed by atoms with E-state index in [0.717, 1.165) is 36.4 Å². The third-order valence-corrected chi connectivity index (χ3v) is 6.14. The predicted molar refractivity (Wildman–Crippen MR) is 86.7 cm³/mol. The summed E-state index contributed by atoms with van der Waals surface area (Å²) in [6, 6.07) is 7.89. The van der Waals surface area contributed by atoms with E-state index >= 15 is 0 Å². The molecule has 1 heterocycles. The molecular weight excluding hydrogens is 305 g/mol. The number of rotatable bonds is 1. The largest absolute Gasteiger partial charge is 0.335 e. The van der Waals surface area contributed by atoms with Crippen LogP contribution in [-0.2, 0) is 4.79 Å². The van der Waals surface area contributed by atoms with Gasteiger partial charge in [0.15, 0.2) is 0 Å². The lowest BCUT2D eigenvalue weighted by Crippen LogP contribution is -2.53. The zero-order valence-electron chi connectivity index (χ0n) is 12.3. The Morgan fingerprint density at radius 3 is 2.76 bits per heavy atom. The van der Waals surface area contributed by atoms with Crippen molar-refractivity contribution >= 4 is 29.1 Å². The minimum absolute atomic E-state index is 0.0164. The number of halogens is 2. The van der Waals surface area contributed by atoms with Crippen LogP contribution in [0.3, 0.4) is 0 Å². The number of alkyl halides is 1. The summed E-state index contributed by atoms with van der Waals surface area (Å²) in [4.78, 5) is 13.9. The first-order valence-electron chi connectivity index (χ1n) is 7.73. The third kappa shape index (κ3) is 2.68. The Bertz CT molecular complexity index is 547. The second kappa shape index (κ2) is 5.81. The van der Waals surface area contributed by atoms with E-state index in [1.807, 2.05) is 29.2 Å². The quantitative estimate of drug-likeness (QED) is 0.679. The summed E-state index contributed by atoms with van der Waals surface area (Å²) in [7, 11) is 0. The molecular formula is C17H21Cl2NO. The number of hydrogen-bond acceptors (Lipinski definition) is 1. The number of nitrogens with zero attached hydrogens (tertiary/aromatic N) is 1. The molecule has 4 heteroatoms. The van der Waals surface area contributed by atoms with Gasteiger partial charge in [0.25, 0.3) is 0 Å². The van der Waals surface area contributed by atoms with Gasteiger partial charge in [-0.15, -0.1) is 11.6 Å². The second-order valence-corrected chi connectivity index (χ2v) is 7.48. The van der Waals surface area contributed by atoms with Gasteiger partial charge in [-0.05, 0) is 30.9 Å². The van der Waals surface area contributed by atoms with Gasteiger partial charge in [-0.3, -0.25) is 4.79 Å². The Hall–Kier alpha value is -0.730. The zero-order chi connectivity index (χ0) is 15.0. The lowest BCUT2D eigenvalue weighted by Gasteiger charge is -2.52. The normalized spacial score (nSPS) is 32.6. The monoisotopic (exact) mass is 325 g/mol. The maximum atomic E-state index is 12.1. The van der Waals surface area contributed by atoms with E-state index in [4.69, 9.17) is 23.2 Å². The molecule has 1 saturated heterocycles. The molecule has 3 unspecified atom stereocenters. The molecule has 1 aliphatic heterocycles. The van der Waals surface area contributed by atoms with Crippen LogP contribution in [0.1, 0.15) is 50.6 Å². The van der Waals surface area contributed by atoms with Crippen LogP contribution in [0.2, 0.25) is 5.02 Å². The van der Waals surface area contributed by atoms with E-state index < -0.39 is 0 Å². The van der Waals surface area contributed by atoms with Gasteiger partial charge in [-0.25, -0.2) is 0 Å². The predicted octanol–water partition coefficient (Wildman–Crippen LogP) is 4.80. The zero-order valence-corrected chi connectivity index (χ0v) is 13.8. The molecule has 1 saturated carbocycles. The highest BCUT2D eigenvalue weighted by Crippen LogP contribution is 2.53. The molecule has 0 bridgehead atoms. The van der Waals surface area contributed by atoms with Crippen LogP contribution in [0.5, 0.6) is 0 Å². The van der Waals surface area contributed by atoms with Crippen LogP contribution < -0.4 is 0 Å². The molecule has 1 aromatic rings. The van der Waals surface area contributed by atoms with Crippen LogP contribution in [0.4, 0.5) is 0 Å². The van der Waals surface area contributed by atoms with Crippen LogP contribution in [0.15, 0.2) is 24.3 Å². The van der Waals surface area contributed by atoms with Crippen molar-refractivity contribution in [2.75, 3.05) is 6.54 Å². The van der Waals surface area contributed by atoms with E-state index in [0.29, 0.717) is 5.92 Å². The average molecular weight is 326 g/mol. The molecule has 0 radical (unpaired) electrons. The van der Waals surface area contributed by atoms with E-state index in [1.165, 1.54) is 12.8 Å². The molecule has 1 aromatic carbocycles.